The average Bonchev–Trinajstić information content (AvgIpc) is 2.42. The zero-order chi connectivity index (χ0) is 12.8. The molecule has 1 saturated heterocycles. The Hall–Kier alpha value is -1.78. The third-order valence-corrected chi connectivity index (χ3v) is 3.06. The van der Waals surface area contributed by atoms with Gasteiger partial charge in [-0.05, 0) is 31.4 Å². The monoisotopic (exact) mass is 250 g/mol. The van der Waals surface area contributed by atoms with Crippen LogP contribution in [0, 0.1) is 0 Å². The topological polar surface area (TPSA) is 62.4 Å². The van der Waals surface area contributed by atoms with E-state index in [4.69, 9.17) is 4.74 Å². The molecule has 0 saturated carbocycles. The fourth-order valence-electron chi connectivity index (χ4n) is 2.07. The Bertz CT molecular complexity index is 450. The maximum Gasteiger partial charge on any atom is 0.290 e. The number of hydrogen-bond acceptors (Lipinski definition) is 3. The number of hydrogen-bond donors (Lipinski definition) is 1. The molecule has 0 unspecified atom stereocenters. The first-order valence-electron chi connectivity index (χ1n) is 6.35. The van der Waals surface area contributed by atoms with Crippen LogP contribution in [0.2, 0.25) is 0 Å². The number of likely N-dealkylation sites (tertiary alicyclic amines) is 1. The quantitative estimate of drug-likeness (QED) is 0.872. The van der Waals surface area contributed by atoms with Crippen LogP contribution in [-0.2, 0) is 4.79 Å². The molecule has 2 heterocycles. The summed E-state index contributed by atoms with van der Waals surface area (Å²) in [6.07, 6.45) is 5.26. The van der Waals surface area contributed by atoms with Crippen molar-refractivity contribution in [3.8, 4) is 5.75 Å². The number of nitrogens with one attached hydrogen (secondary N) is 1. The van der Waals surface area contributed by atoms with Crippen LogP contribution in [0.4, 0.5) is 0 Å². The van der Waals surface area contributed by atoms with Gasteiger partial charge in [0.15, 0.2) is 5.75 Å². The van der Waals surface area contributed by atoms with Crippen molar-refractivity contribution in [3.63, 3.8) is 0 Å². The molecule has 0 atom stereocenters. The average molecular weight is 250 g/mol. The van der Waals surface area contributed by atoms with Crippen molar-refractivity contribution in [2.24, 2.45) is 0 Å². The summed E-state index contributed by atoms with van der Waals surface area (Å²) in [6, 6.07) is 3.30. The second-order valence-electron chi connectivity index (χ2n) is 4.40. The summed E-state index contributed by atoms with van der Waals surface area (Å²) in [4.78, 5) is 27.6. The van der Waals surface area contributed by atoms with Gasteiger partial charge in [0.25, 0.3) is 5.56 Å². The van der Waals surface area contributed by atoms with Gasteiger partial charge in [0.2, 0.25) is 5.91 Å². The number of amides is 1. The number of carbonyl (C=O) groups excluding carboxylic acids is 1. The summed E-state index contributed by atoms with van der Waals surface area (Å²) < 4.78 is 5.31. The first kappa shape index (κ1) is 12.7. The first-order chi connectivity index (χ1) is 8.77. The zero-order valence-corrected chi connectivity index (χ0v) is 10.4. The Kier molecular flexibility index (Phi) is 4.39. The van der Waals surface area contributed by atoms with Gasteiger partial charge in [-0.1, -0.05) is 0 Å². The SMILES string of the molecule is O=C(CCOc1ccc[nH]c1=O)N1CCCCC1. The van der Waals surface area contributed by atoms with E-state index in [1.54, 1.807) is 18.3 Å². The molecule has 1 N–H and O–H groups in total. The van der Waals surface area contributed by atoms with Gasteiger partial charge in [0, 0.05) is 19.3 Å². The Balaban J connectivity index is 1.76. The number of H-pyrrole nitrogens is 1. The highest BCUT2D eigenvalue weighted by molar-refractivity contribution is 5.76. The molecule has 0 aromatic carbocycles. The molecular formula is C13H18N2O3. The molecule has 0 radical (unpaired) electrons. The molecule has 0 spiro atoms. The number of aromatic nitrogens is 1. The van der Waals surface area contributed by atoms with Gasteiger partial charge in [0.1, 0.15) is 0 Å². The summed E-state index contributed by atoms with van der Waals surface area (Å²) in [5.41, 5.74) is -0.261. The lowest BCUT2D eigenvalue weighted by Gasteiger charge is -2.26. The van der Waals surface area contributed by atoms with E-state index >= 15 is 0 Å². The molecule has 1 amide bonds. The molecule has 98 valence electrons. The van der Waals surface area contributed by atoms with Gasteiger partial charge in [-0.2, -0.15) is 0 Å². The van der Waals surface area contributed by atoms with Crippen LogP contribution in [0.15, 0.2) is 23.1 Å². The van der Waals surface area contributed by atoms with Crippen LogP contribution in [0.1, 0.15) is 25.7 Å². The summed E-state index contributed by atoms with van der Waals surface area (Å²) in [7, 11) is 0. The van der Waals surface area contributed by atoms with Crippen LogP contribution >= 0.6 is 0 Å². The third-order valence-electron chi connectivity index (χ3n) is 3.06. The molecule has 18 heavy (non-hydrogen) atoms. The van der Waals surface area contributed by atoms with E-state index in [0.717, 1.165) is 25.9 Å². The molecular weight excluding hydrogens is 232 g/mol. The fraction of sp³-hybridized carbons (Fsp3) is 0.538. The minimum Gasteiger partial charge on any atom is -0.487 e. The second kappa shape index (κ2) is 6.23. The highest BCUT2D eigenvalue weighted by Gasteiger charge is 2.16. The van der Waals surface area contributed by atoms with E-state index < -0.39 is 0 Å². The number of piperidine rings is 1. The van der Waals surface area contributed by atoms with E-state index in [2.05, 4.69) is 4.98 Å². The smallest absolute Gasteiger partial charge is 0.290 e. The Morgan fingerprint density at radius 1 is 1.33 bits per heavy atom. The second-order valence-corrected chi connectivity index (χ2v) is 4.40. The van der Waals surface area contributed by atoms with E-state index in [1.807, 2.05) is 4.90 Å². The molecule has 5 heteroatoms. The van der Waals surface area contributed by atoms with Crippen LogP contribution < -0.4 is 10.3 Å². The number of rotatable bonds is 4. The largest absolute Gasteiger partial charge is 0.487 e. The molecule has 1 aromatic heterocycles. The third kappa shape index (κ3) is 3.35. The minimum absolute atomic E-state index is 0.113. The molecule has 5 nitrogen and oxygen atoms in total. The van der Waals surface area contributed by atoms with Crippen molar-refractivity contribution in [1.82, 2.24) is 9.88 Å². The maximum absolute atomic E-state index is 11.8. The molecule has 1 aliphatic rings. The normalized spacial score (nSPS) is 15.4. The molecule has 1 fully saturated rings. The fourth-order valence-corrected chi connectivity index (χ4v) is 2.07. The number of carbonyl (C=O) groups is 1. The van der Waals surface area contributed by atoms with Gasteiger partial charge >= 0.3 is 0 Å². The van der Waals surface area contributed by atoms with E-state index in [9.17, 15) is 9.59 Å². The zero-order valence-electron chi connectivity index (χ0n) is 10.4. The summed E-state index contributed by atoms with van der Waals surface area (Å²) >= 11 is 0. The van der Waals surface area contributed by atoms with E-state index in [-0.39, 0.29) is 23.8 Å². The molecule has 2 rings (SSSR count). The highest BCUT2D eigenvalue weighted by atomic mass is 16.5. The predicted molar refractivity (Wildman–Crippen MR) is 67.6 cm³/mol. The molecule has 0 bridgehead atoms. The van der Waals surface area contributed by atoms with E-state index in [1.165, 1.54) is 6.42 Å². The molecule has 1 aliphatic heterocycles. The lowest BCUT2D eigenvalue weighted by atomic mass is 10.1. The number of pyridine rings is 1. The van der Waals surface area contributed by atoms with Gasteiger partial charge in [-0.3, -0.25) is 9.59 Å². The van der Waals surface area contributed by atoms with Crippen LogP contribution in [-0.4, -0.2) is 35.5 Å². The number of nitrogens with zero attached hydrogens (tertiary/aromatic N) is 1. The van der Waals surface area contributed by atoms with Crippen molar-refractivity contribution in [2.75, 3.05) is 19.7 Å². The van der Waals surface area contributed by atoms with E-state index in [0.29, 0.717) is 6.42 Å². The predicted octanol–water partition coefficient (Wildman–Crippen LogP) is 1.16. The molecule has 0 aliphatic carbocycles. The van der Waals surface area contributed by atoms with Crippen molar-refractivity contribution < 1.29 is 9.53 Å². The highest BCUT2D eigenvalue weighted by Crippen LogP contribution is 2.10. The number of aromatic amines is 1. The van der Waals surface area contributed by atoms with Crippen molar-refractivity contribution in [2.45, 2.75) is 25.7 Å². The van der Waals surface area contributed by atoms with Crippen molar-refractivity contribution in [1.29, 1.82) is 0 Å². The lowest BCUT2D eigenvalue weighted by molar-refractivity contribution is -0.132. The van der Waals surface area contributed by atoms with Gasteiger partial charge in [-0.15, -0.1) is 0 Å². The molecule has 1 aromatic rings. The summed E-state index contributed by atoms with van der Waals surface area (Å²) in [5.74, 6) is 0.381. The van der Waals surface area contributed by atoms with Crippen LogP contribution in [0.25, 0.3) is 0 Å². The maximum atomic E-state index is 11.8. The minimum atomic E-state index is -0.261. The van der Waals surface area contributed by atoms with Crippen molar-refractivity contribution in [3.05, 3.63) is 28.7 Å². The Morgan fingerprint density at radius 2 is 2.11 bits per heavy atom. The van der Waals surface area contributed by atoms with Crippen LogP contribution in [0.5, 0.6) is 5.75 Å². The first-order valence-corrected chi connectivity index (χ1v) is 6.35. The number of ether oxygens (including phenoxy) is 1. The van der Waals surface area contributed by atoms with Crippen LogP contribution in [0.3, 0.4) is 0 Å². The summed E-state index contributed by atoms with van der Waals surface area (Å²) in [5, 5.41) is 0. The Morgan fingerprint density at radius 3 is 2.83 bits per heavy atom. The van der Waals surface area contributed by atoms with Gasteiger partial charge < -0.3 is 14.6 Å². The standard InChI is InChI=1S/C13H18N2O3/c16-12(15-8-2-1-3-9-15)6-10-18-11-5-4-7-14-13(11)17/h4-5,7H,1-3,6,8-10H2,(H,14,17). The van der Waals surface area contributed by atoms with Gasteiger partial charge in [0.05, 0.1) is 13.0 Å². The summed E-state index contributed by atoms with van der Waals surface area (Å²) in [6.45, 7) is 1.96. The Labute approximate surface area is 106 Å². The van der Waals surface area contributed by atoms with Crippen molar-refractivity contribution >= 4 is 5.91 Å². The lowest BCUT2D eigenvalue weighted by Crippen LogP contribution is -2.36. The van der Waals surface area contributed by atoms with Gasteiger partial charge in [-0.25, -0.2) is 0 Å².